The fourth-order valence-electron chi connectivity index (χ4n) is 8.48. The van der Waals surface area contributed by atoms with Gasteiger partial charge in [-0.05, 0) is 68.2 Å². The van der Waals surface area contributed by atoms with Gasteiger partial charge < -0.3 is 0 Å². The van der Waals surface area contributed by atoms with Crippen molar-refractivity contribution in [1.82, 2.24) is 8.47 Å². The van der Waals surface area contributed by atoms with Crippen molar-refractivity contribution in [3.63, 3.8) is 0 Å². The highest BCUT2D eigenvalue weighted by atomic mass is 35.7. The Morgan fingerprint density at radius 1 is 0.373 bits per heavy atom. The van der Waals surface area contributed by atoms with Crippen LogP contribution in [0.5, 0.6) is 0 Å². The van der Waals surface area contributed by atoms with Crippen molar-refractivity contribution in [2.75, 3.05) is 0 Å². The third-order valence-electron chi connectivity index (χ3n) is 12.1. The summed E-state index contributed by atoms with van der Waals surface area (Å²) < 4.78 is 3.95. The smallest absolute Gasteiger partial charge is 0.294 e. The zero-order valence-electron chi connectivity index (χ0n) is 35.8. The first-order valence-corrected chi connectivity index (χ1v) is 24.3. The summed E-state index contributed by atoms with van der Waals surface area (Å²) in [5.41, 5.74) is 8.93. The Bertz CT molecular complexity index is 3160. The summed E-state index contributed by atoms with van der Waals surface area (Å²) in [6, 6.07) is 26.1. The van der Waals surface area contributed by atoms with E-state index in [1.54, 1.807) is 0 Å². The number of benzene rings is 4. The number of aliphatic imine (C=N–C) groups is 4. The van der Waals surface area contributed by atoms with Gasteiger partial charge in [-0.1, -0.05) is 154 Å². The zero-order valence-corrected chi connectivity index (χ0v) is 38.3. The van der Waals surface area contributed by atoms with Crippen LogP contribution in [0, 0.1) is 0 Å². The Morgan fingerprint density at radius 2 is 0.746 bits per heavy atom. The monoisotopic (exact) mass is 834 g/mol. The molecular formula is C48H48Cl2N8Si. The average molecular weight is 836 g/mol. The van der Waals surface area contributed by atoms with Crippen molar-refractivity contribution in [3.8, 4) is 0 Å². The molecule has 11 heteroatoms. The highest BCUT2D eigenvalue weighted by Gasteiger charge is 2.45. The van der Waals surface area contributed by atoms with E-state index >= 15 is 0 Å². The van der Waals surface area contributed by atoms with E-state index in [-0.39, 0.29) is 21.7 Å². The molecule has 0 fully saturated rings. The summed E-state index contributed by atoms with van der Waals surface area (Å²) in [4.78, 5) is 32.5. The van der Waals surface area contributed by atoms with Gasteiger partial charge in [0, 0.05) is 43.8 Å². The van der Waals surface area contributed by atoms with Crippen molar-refractivity contribution in [3.05, 3.63) is 128 Å². The van der Waals surface area contributed by atoms with Crippen LogP contribution in [0.2, 0.25) is 0 Å². The Balaban J connectivity index is 1.46. The lowest BCUT2D eigenvalue weighted by Crippen LogP contribution is -2.51. The molecule has 59 heavy (non-hydrogen) atoms. The van der Waals surface area contributed by atoms with Crippen LogP contribution in [0.1, 0.15) is 128 Å². The molecule has 0 spiro atoms. The normalized spacial score (nSPS) is 16.8. The maximum atomic E-state index is 8.20. The largest absolute Gasteiger partial charge is 0.483 e. The van der Waals surface area contributed by atoms with Crippen LogP contribution in [-0.4, -0.2) is 38.8 Å². The molecule has 10 rings (SSSR count). The zero-order chi connectivity index (χ0) is 41.9. The molecule has 0 atom stereocenters. The second kappa shape index (κ2) is 12.1. The molecule has 0 saturated heterocycles. The lowest BCUT2D eigenvalue weighted by molar-refractivity contribution is 0.590. The number of fused-ring (bicyclic) bond motifs is 14. The summed E-state index contributed by atoms with van der Waals surface area (Å²) in [5.74, 6) is 3.39. The molecule has 8 nitrogen and oxygen atoms in total. The SMILES string of the molecule is CC(C)(C)c1ccc2c(c1)C1=NC2=Nc2c3cc(C(C)(C)C)ccc3c3n2[Si](Cl)(Cl)n2c(c4ccc(C(C)(C)C)cc4c2=NC2=NC(=N3)c3cc(C(C)(C)C)ccc32)=N1. The number of hydrogen-bond donors (Lipinski definition) is 0. The lowest BCUT2D eigenvalue weighted by atomic mass is 9.85. The van der Waals surface area contributed by atoms with Gasteiger partial charge in [-0.2, -0.15) is 0 Å². The molecule has 0 radical (unpaired) electrons. The minimum Gasteiger partial charge on any atom is -0.294 e. The van der Waals surface area contributed by atoms with Gasteiger partial charge in [0.15, 0.2) is 23.3 Å². The molecule has 2 aromatic heterocycles. The maximum Gasteiger partial charge on any atom is 0.483 e. The quantitative estimate of drug-likeness (QED) is 0.108. The van der Waals surface area contributed by atoms with Crippen LogP contribution in [0.4, 0.5) is 11.6 Å². The first-order chi connectivity index (χ1) is 27.5. The van der Waals surface area contributed by atoms with E-state index in [0.717, 1.165) is 54.9 Å². The second-order valence-corrected chi connectivity index (χ2v) is 26.1. The molecule has 0 N–H and O–H groups in total. The maximum absolute atomic E-state index is 8.20. The lowest BCUT2D eigenvalue weighted by Gasteiger charge is -2.24. The van der Waals surface area contributed by atoms with E-state index in [9.17, 15) is 0 Å². The predicted octanol–water partition coefficient (Wildman–Crippen LogP) is 11.0. The minimum absolute atomic E-state index is 0.105. The van der Waals surface area contributed by atoms with Crippen LogP contribution in [-0.2, 0) is 21.7 Å². The molecule has 4 aliphatic rings. The second-order valence-electron chi connectivity index (χ2n) is 20.5. The van der Waals surface area contributed by atoms with E-state index in [0.29, 0.717) is 46.0 Å². The van der Waals surface area contributed by atoms with E-state index in [4.69, 9.17) is 52.1 Å². The molecule has 0 aliphatic carbocycles. The first kappa shape index (κ1) is 38.3. The van der Waals surface area contributed by atoms with Crippen molar-refractivity contribution < 1.29 is 0 Å². The number of amidine groups is 4. The van der Waals surface area contributed by atoms with Gasteiger partial charge in [-0.15, -0.1) is 0 Å². The molecule has 0 saturated carbocycles. The van der Waals surface area contributed by atoms with Crippen molar-refractivity contribution in [1.29, 1.82) is 0 Å². The van der Waals surface area contributed by atoms with Crippen LogP contribution >= 0.6 is 22.2 Å². The number of halogens is 2. The standard InChI is InChI=1S/C48H48Cl2N8Si/c1-45(2,3)25-13-17-29-33(21-25)39-51-37(29)53-43-36-24-28(48(10,11)12)16-20-32(36)42-56-40-34-22-26(46(4,5)6)14-18-30(34)38(52-40)54-44-35-23-27(47(7,8)9)15-19-31(35)41(55-39)57(44)59(49,50)58(42)43/h13-24H,1-12H3. The van der Waals surface area contributed by atoms with Gasteiger partial charge in [0.05, 0.1) is 0 Å². The van der Waals surface area contributed by atoms with Crippen LogP contribution in [0.25, 0.3) is 21.5 Å². The molecule has 4 aromatic carbocycles. The molecule has 0 amide bonds. The highest BCUT2D eigenvalue weighted by Crippen LogP contribution is 2.46. The summed E-state index contributed by atoms with van der Waals surface area (Å²) in [5, 5.41) is 3.50. The first-order valence-electron chi connectivity index (χ1n) is 20.4. The Hall–Kier alpha value is -4.96. The van der Waals surface area contributed by atoms with Gasteiger partial charge in [0.2, 0.25) is 0 Å². The predicted molar refractivity (Wildman–Crippen MR) is 248 cm³/mol. The van der Waals surface area contributed by atoms with Crippen LogP contribution in [0.15, 0.2) is 103 Å². The third-order valence-corrected chi connectivity index (χ3v) is 16.1. The van der Waals surface area contributed by atoms with E-state index in [1.807, 2.05) is 8.47 Å². The number of hydrogen-bond acceptors (Lipinski definition) is 6. The summed E-state index contributed by atoms with van der Waals surface area (Å²) in [7, 11) is -4.06. The van der Waals surface area contributed by atoms with Crippen LogP contribution in [0.3, 0.4) is 0 Å². The Kier molecular flexibility index (Phi) is 7.83. The summed E-state index contributed by atoms with van der Waals surface area (Å²) in [6.07, 6.45) is 0. The highest BCUT2D eigenvalue weighted by molar-refractivity contribution is 7.44. The van der Waals surface area contributed by atoms with Gasteiger partial charge in [-0.25, -0.2) is 30.0 Å². The van der Waals surface area contributed by atoms with E-state index in [1.165, 1.54) is 11.1 Å². The molecule has 6 bridgehead atoms. The number of nitrogens with zero attached hydrogens (tertiary/aromatic N) is 8. The number of aromatic nitrogens is 2. The van der Waals surface area contributed by atoms with Crippen molar-refractivity contribution in [2.45, 2.75) is 105 Å². The topological polar surface area (TPSA) is 84.0 Å². The summed E-state index contributed by atoms with van der Waals surface area (Å²) in [6.45, 7) is 26.6. The van der Waals surface area contributed by atoms with Gasteiger partial charge in [0.25, 0.3) is 0 Å². The fourth-order valence-corrected chi connectivity index (χ4v) is 12.3. The Morgan fingerprint density at radius 3 is 1.25 bits per heavy atom. The third kappa shape index (κ3) is 5.75. The molecular weight excluding hydrogens is 788 g/mol. The van der Waals surface area contributed by atoms with Crippen LogP contribution < -0.4 is 11.0 Å². The molecule has 298 valence electrons. The van der Waals surface area contributed by atoms with E-state index in [2.05, 4.69) is 156 Å². The van der Waals surface area contributed by atoms with Crippen molar-refractivity contribution >= 4 is 85.7 Å². The fraction of sp³-hybridized carbons (Fsp3) is 0.333. The number of rotatable bonds is 0. The molecule has 6 heterocycles. The minimum atomic E-state index is -4.06. The van der Waals surface area contributed by atoms with Gasteiger partial charge >= 0.3 is 7.02 Å². The average Bonchev–Trinajstić information content (AvgIpc) is 3.85. The molecule has 6 aromatic rings. The Labute approximate surface area is 355 Å². The van der Waals surface area contributed by atoms with Gasteiger partial charge in [-0.3, -0.25) is 8.47 Å². The molecule has 4 aliphatic heterocycles. The van der Waals surface area contributed by atoms with Gasteiger partial charge in [0.1, 0.15) is 22.6 Å². The molecule has 0 unspecified atom stereocenters. The van der Waals surface area contributed by atoms with Crippen molar-refractivity contribution in [2.24, 2.45) is 30.0 Å². The van der Waals surface area contributed by atoms with E-state index < -0.39 is 7.02 Å². The summed E-state index contributed by atoms with van der Waals surface area (Å²) >= 11 is 16.4.